The molecule has 0 unspecified atom stereocenters. The lowest BCUT2D eigenvalue weighted by atomic mass is 10.2. The fourth-order valence-corrected chi connectivity index (χ4v) is 1.99. The largest absolute Gasteiger partial charge is 0.384 e. The first-order chi connectivity index (χ1) is 9.91. The van der Waals surface area contributed by atoms with Gasteiger partial charge in [-0.2, -0.15) is 0 Å². The van der Waals surface area contributed by atoms with Crippen LogP contribution in [-0.4, -0.2) is 24.1 Å². The van der Waals surface area contributed by atoms with Crippen LogP contribution in [0.1, 0.15) is 5.56 Å². The van der Waals surface area contributed by atoms with E-state index < -0.39 is 5.82 Å². The Morgan fingerprint density at radius 3 is 2.76 bits per heavy atom. The number of nitrogens with two attached hydrogens (primary N) is 1. The highest BCUT2D eigenvalue weighted by Gasteiger charge is 2.09. The average molecular weight is 352 g/mol. The molecule has 0 radical (unpaired) electrons. The van der Waals surface area contributed by atoms with Crippen molar-refractivity contribution in [2.45, 2.75) is 6.54 Å². The molecule has 4 nitrogen and oxygen atoms in total. The molecule has 0 bridgehead atoms. The third kappa shape index (κ3) is 6.44. The zero-order chi connectivity index (χ0) is 15.8. The van der Waals surface area contributed by atoms with Crippen molar-refractivity contribution >= 4 is 45.8 Å². The van der Waals surface area contributed by atoms with E-state index in [9.17, 15) is 4.39 Å². The maximum atomic E-state index is 13.3. The van der Waals surface area contributed by atoms with Crippen molar-refractivity contribution in [3.63, 3.8) is 0 Å². The number of hydrogen-bond donors (Lipinski definition) is 3. The molecule has 0 fully saturated rings. The highest BCUT2D eigenvalue weighted by atomic mass is 35.5. The van der Waals surface area contributed by atoms with Gasteiger partial charge in [-0.3, -0.25) is 10.4 Å². The maximum absolute atomic E-state index is 13.3. The molecule has 0 saturated heterocycles. The van der Waals surface area contributed by atoms with Crippen LogP contribution in [0.25, 0.3) is 0 Å². The van der Waals surface area contributed by atoms with Gasteiger partial charge in [0.25, 0.3) is 0 Å². The highest BCUT2D eigenvalue weighted by molar-refractivity contribution is 6.67. The summed E-state index contributed by atoms with van der Waals surface area (Å²) in [6.07, 6.45) is 2.77. The van der Waals surface area contributed by atoms with Crippen LogP contribution >= 0.6 is 34.8 Å². The Morgan fingerprint density at radius 1 is 1.38 bits per heavy atom. The normalized spacial score (nSPS) is 12.1. The molecule has 0 atom stereocenters. The minimum atomic E-state index is -0.506. The first-order valence-corrected chi connectivity index (χ1v) is 7.10. The van der Waals surface area contributed by atoms with Crippen LogP contribution < -0.4 is 11.1 Å². The van der Waals surface area contributed by atoms with Gasteiger partial charge in [0, 0.05) is 23.7 Å². The molecule has 1 aromatic carbocycles. The van der Waals surface area contributed by atoms with Crippen molar-refractivity contribution in [2.75, 3.05) is 13.1 Å². The van der Waals surface area contributed by atoms with Crippen molar-refractivity contribution in [1.82, 2.24) is 5.32 Å². The van der Waals surface area contributed by atoms with Crippen LogP contribution in [0.2, 0.25) is 10.0 Å². The molecule has 0 aromatic heterocycles. The van der Waals surface area contributed by atoms with Gasteiger partial charge >= 0.3 is 0 Å². The third-order valence-electron chi connectivity index (χ3n) is 2.42. The Morgan fingerprint density at radius 2 is 2.10 bits per heavy atom. The van der Waals surface area contributed by atoms with Crippen LogP contribution in [-0.2, 0) is 6.54 Å². The van der Waals surface area contributed by atoms with E-state index in [4.69, 9.17) is 45.9 Å². The van der Waals surface area contributed by atoms with E-state index in [1.807, 2.05) is 0 Å². The molecule has 0 aliphatic rings. The van der Waals surface area contributed by atoms with E-state index in [1.165, 1.54) is 24.3 Å². The van der Waals surface area contributed by atoms with Crippen molar-refractivity contribution in [1.29, 1.82) is 5.41 Å². The summed E-state index contributed by atoms with van der Waals surface area (Å²) < 4.78 is 13.3. The fourth-order valence-electron chi connectivity index (χ4n) is 1.42. The number of rotatable bonds is 7. The zero-order valence-corrected chi connectivity index (χ0v) is 13.2. The second-order valence-electron chi connectivity index (χ2n) is 3.99. The van der Waals surface area contributed by atoms with Gasteiger partial charge in [-0.15, -0.1) is 0 Å². The maximum Gasteiger partial charge on any atom is 0.142 e. The summed E-state index contributed by atoms with van der Waals surface area (Å²) in [5.41, 5.74) is 6.08. The second-order valence-corrected chi connectivity index (χ2v) is 5.18. The second kappa shape index (κ2) is 9.00. The summed E-state index contributed by atoms with van der Waals surface area (Å²) in [7, 11) is 0. The Balaban J connectivity index is 2.43. The summed E-state index contributed by atoms with van der Waals surface area (Å²) in [5.74, 6) is -0.238. The summed E-state index contributed by atoms with van der Waals surface area (Å²) in [6.45, 7) is 1.25. The molecule has 4 N–H and O–H groups in total. The highest BCUT2D eigenvalue weighted by Crippen LogP contribution is 2.26. The molecular formula is C13H14Cl3FN4. The fraction of sp³-hybridized carbons (Fsp3) is 0.231. The van der Waals surface area contributed by atoms with Crippen LogP contribution in [0, 0.1) is 11.2 Å². The lowest BCUT2D eigenvalue weighted by molar-refractivity contribution is 0.621. The number of nitrogens with zero attached hydrogens (tertiary/aromatic N) is 1. The van der Waals surface area contributed by atoms with Crippen molar-refractivity contribution in [2.24, 2.45) is 10.7 Å². The van der Waals surface area contributed by atoms with Crippen molar-refractivity contribution in [3.05, 3.63) is 45.7 Å². The molecule has 0 saturated carbocycles. The first kappa shape index (κ1) is 17.9. The van der Waals surface area contributed by atoms with E-state index >= 15 is 0 Å². The van der Waals surface area contributed by atoms with Crippen LogP contribution in [0.3, 0.4) is 0 Å². The van der Waals surface area contributed by atoms with Crippen LogP contribution in [0.4, 0.5) is 4.39 Å². The molecule has 0 spiro atoms. The number of nitrogens with one attached hydrogen (secondary N) is 2. The van der Waals surface area contributed by atoms with Gasteiger partial charge < -0.3 is 11.1 Å². The number of aliphatic imine (C=N–C) groups is 1. The molecule has 1 aromatic rings. The van der Waals surface area contributed by atoms with E-state index in [0.29, 0.717) is 30.2 Å². The number of halogens is 4. The predicted octanol–water partition coefficient (Wildman–Crippen LogP) is 3.35. The molecule has 0 heterocycles. The first-order valence-electron chi connectivity index (χ1n) is 5.97. The van der Waals surface area contributed by atoms with E-state index in [-0.39, 0.29) is 16.0 Å². The minimum Gasteiger partial charge on any atom is -0.384 e. The van der Waals surface area contributed by atoms with Crippen molar-refractivity contribution < 1.29 is 4.39 Å². The SMILES string of the molecule is N=C(Cl)/C=C\C(N)=NCCNCc1c(Cl)ccc(F)c1Cl. The number of benzene rings is 1. The van der Waals surface area contributed by atoms with Crippen molar-refractivity contribution in [3.8, 4) is 0 Å². The Bertz CT molecular complexity index is 573. The Labute approximate surface area is 137 Å². The monoisotopic (exact) mass is 350 g/mol. The van der Waals surface area contributed by atoms with Gasteiger partial charge in [0.05, 0.1) is 11.6 Å². The zero-order valence-electron chi connectivity index (χ0n) is 11.0. The summed E-state index contributed by atoms with van der Waals surface area (Å²) in [6, 6.07) is 2.68. The van der Waals surface area contributed by atoms with Crippen LogP contribution in [0.15, 0.2) is 29.3 Å². The molecule has 0 aliphatic carbocycles. The smallest absolute Gasteiger partial charge is 0.142 e. The summed E-state index contributed by atoms with van der Waals surface area (Å²) >= 11 is 17.1. The molecular weight excluding hydrogens is 338 g/mol. The van der Waals surface area contributed by atoms with E-state index in [1.54, 1.807) is 0 Å². The van der Waals surface area contributed by atoms with Crippen LogP contribution in [0.5, 0.6) is 0 Å². The van der Waals surface area contributed by atoms with Gasteiger partial charge in [-0.05, 0) is 24.3 Å². The molecule has 21 heavy (non-hydrogen) atoms. The molecule has 0 aliphatic heterocycles. The number of amidine groups is 1. The predicted molar refractivity (Wildman–Crippen MR) is 87.3 cm³/mol. The van der Waals surface area contributed by atoms with Gasteiger partial charge in [0.1, 0.15) is 16.8 Å². The number of hydrogen-bond acceptors (Lipinski definition) is 3. The number of allylic oxidation sites excluding steroid dienone is 1. The van der Waals surface area contributed by atoms with Gasteiger partial charge in [-0.25, -0.2) is 4.39 Å². The average Bonchev–Trinajstić information content (AvgIpc) is 2.43. The molecule has 8 heteroatoms. The molecule has 0 amide bonds. The Kier molecular flexibility index (Phi) is 7.67. The van der Waals surface area contributed by atoms with Gasteiger partial charge in [0.2, 0.25) is 0 Å². The van der Waals surface area contributed by atoms with Gasteiger partial charge in [-0.1, -0.05) is 34.8 Å². The molecule has 1 rings (SSSR count). The topological polar surface area (TPSA) is 74.3 Å². The quantitative estimate of drug-likeness (QED) is 0.305. The van der Waals surface area contributed by atoms with E-state index in [0.717, 1.165) is 0 Å². The summed E-state index contributed by atoms with van der Waals surface area (Å²) in [4.78, 5) is 4.04. The standard InChI is InChI=1S/C13H14Cl3FN4/c14-9-1-2-10(17)13(16)8(9)7-20-5-6-21-12(19)4-3-11(15)18/h1-4,18,20H,5-7H2,(H2,19,21)/b4-3-,18-11?. The van der Waals surface area contributed by atoms with E-state index in [2.05, 4.69) is 10.3 Å². The Hall–Kier alpha value is -1.14. The third-order valence-corrected chi connectivity index (χ3v) is 3.31. The lowest BCUT2D eigenvalue weighted by Crippen LogP contribution is -2.19. The molecule has 114 valence electrons. The lowest BCUT2D eigenvalue weighted by Gasteiger charge is -2.08. The van der Waals surface area contributed by atoms with Gasteiger partial charge in [0.15, 0.2) is 0 Å². The summed E-state index contributed by atoms with van der Waals surface area (Å²) in [5, 5.41) is 10.3. The minimum absolute atomic E-state index is 0.0153.